The van der Waals surface area contributed by atoms with E-state index in [9.17, 15) is 10.1 Å². The Hall–Kier alpha value is -3.52. The molecule has 0 saturated carbocycles. The molecule has 2 aromatic carbocycles. The molecule has 0 bridgehead atoms. The van der Waals surface area contributed by atoms with Crippen molar-refractivity contribution in [2.75, 3.05) is 7.11 Å². The molecule has 0 saturated heterocycles. The number of rotatable bonds is 5. The minimum atomic E-state index is -0.388. The number of carbonyl (C=O) groups is 1. The molecule has 0 fully saturated rings. The van der Waals surface area contributed by atoms with Crippen LogP contribution in [0.5, 0.6) is 5.75 Å². The van der Waals surface area contributed by atoms with Gasteiger partial charge in [0.25, 0.3) is 5.91 Å². The molecule has 3 aromatic rings. The highest BCUT2D eigenvalue weighted by atomic mass is 16.5. The van der Waals surface area contributed by atoms with Crippen LogP contribution in [0.2, 0.25) is 0 Å². The van der Waals surface area contributed by atoms with E-state index in [0.717, 1.165) is 33.5 Å². The van der Waals surface area contributed by atoms with Crippen LogP contribution in [0.1, 0.15) is 16.8 Å². The summed E-state index contributed by atoms with van der Waals surface area (Å²) in [5.74, 6) is 0.370. The molecule has 0 aliphatic rings. The number of hydrogen-bond acceptors (Lipinski definition) is 3. The van der Waals surface area contributed by atoms with Crippen LogP contribution in [0.15, 0.2) is 54.1 Å². The van der Waals surface area contributed by atoms with Crippen molar-refractivity contribution in [1.82, 2.24) is 9.88 Å². The Morgan fingerprint density at radius 1 is 1.22 bits per heavy atom. The van der Waals surface area contributed by atoms with E-state index >= 15 is 0 Å². The van der Waals surface area contributed by atoms with E-state index in [0.29, 0.717) is 6.54 Å². The predicted molar refractivity (Wildman–Crippen MR) is 106 cm³/mol. The first-order valence-corrected chi connectivity index (χ1v) is 8.62. The molecular formula is C22H21N3O2. The Kier molecular flexibility index (Phi) is 5.28. The summed E-state index contributed by atoms with van der Waals surface area (Å²) in [7, 11) is 3.58. The molecule has 0 spiro atoms. The third-order valence-corrected chi connectivity index (χ3v) is 4.71. The zero-order valence-electron chi connectivity index (χ0n) is 15.6. The predicted octanol–water partition coefficient (Wildman–Crippen LogP) is 3.72. The van der Waals surface area contributed by atoms with Crippen molar-refractivity contribution in [3.63, 3.8) is 0 Å². The smallest absolute Gasteiger partial charge is 0.262 e. The van der Waals surface area contributed by atoms with Gasteiger partial charge in [-0.3, -0.25) is 4.79 Å². The molecule has 3 rings (SSSR count). The van der Waals surface area contributed by atoms with Gasteiger partial charge < -0.3 is 14.6 Å². The lowest BCUT2D eigenvalue weighted by molar-refractivity contribution is -0.117. The van der Waals surface area contributed by atoms with Crippen molar-refractivity contribution in [3.8, 4) is 11.8 Å². The van der Waals surface area contributed by atoms with Gasteiger partial charge in [-0.05, 0) is 36.8 Å². The fraction of sp³-hybridized carbons (Fsp3) is 0.182. The summed E-state index contributed by atoms with van der Waals surface area (Å²) >= 11 is 0. The normalized spacial score (nSPS) is 11.3. The van der Waals surface area contributed by atoms with E-state index in [1.807, 2.05) is 68.6 Å². The van der Waals surface area contributed by atoms with Crippen molar-refractivity contribution in [2.45, 2.75) is 13.5 Å². The highest BCUT2D eigenvalue weighted by molar-refractivity contribution is 6.04. The fourth-order valence-electron chi connectivity index (χ4n) is 3.05. The SMILES string of the molecule is COc1ccc(CNC(=O)/C(C#N)=C\c2c(C)n(C)c3ccccc23)cc1. The number of aryl methyl sites for hydroxylation is 1. The number of ether oxygens (including phenoxy) is 1. The van der Waals surface area contributed by atoms with Crippen LogP contribution >= 0.6 is 0 Å². The van der Waals surface area contributed by atoms with Crippen molar-refractivity contribution >= 4 is 22.9 Å². The first-order chi connectivity index (χ1) is 13.0. The van der Waals surface area contributed by atoms with Crippen LogP contribution in [0.25, 0.3) is 17.0 Å². The highest BCUT2D eigenvalue weighted by Gasteiger charge is 2.14. The van der Waals surface area contributed by atoms with E-state index in [1.165, 1.54) is 0 Å². The second-order valence-electron chi connectivity index (χ2n) is 6.28. The molecule has 1 heterocycles. The fourth-order valence-corrected chi connectivity index (χ4v) is 3.05. The summed E-state index contributed by atoms with van der Waals surface area (Å²) < 4.78 is 7.18. The van der Waals surface area contributed by atoms with Crippen LogP contribution in [-0.4, -0.2) is 17.6 Å². The number of hydrogen-bond donors (Lipinski definition) is 1. The molecule has 1 N–H and O–H groups in total. The molecule has 0 unspecified atom stereocenters. The van der Waals surface area contributed by atoms with E-state index in [4.69, 9.17) is 4.74 Å². The molecular weight excluding hydrogens is 338 g/mol. The topological polar surface area (TPSA) is 67.0 Å². The van der Waals surface area contributed by atoms with Gasteiger partial charge in [-0.15, -0.1) is 0 Å². The molecule has 1 amide bonds. The summed E-state index contributed by atoms with van der Waals surface area (Å²) in [6.45, 7) is 2.33. The van der Waals surface area contributed by atoms with Gasteiger partial charge in [-0.2, -0.15) is 5.26 Å². The van der Waals surface area contributed by atoms with Crippen molar-refractivity contribution in [1.29, 1.82) is 5.26 Å². The molecule has 136 valence electrons. The Labute approximate surface area is 158 Å². The maximum atomic E-state index is 12.5. The largest absolute Gasteiger partial charge is 0.497 e. The van der Waals surface area contributed by atoms with Crippen molar-refractivity contribution < 1.29 is 9.53 Å². The number of nitriles is 1. The lowest BCUT2D eigenvalue weighted by Crippen LogP contribution is -2.23. The summed E-state index contributed by atoms with van der Waals surface area (Å²) in [5, 5.41) is 13.3. The van der Waals surface area contributed by atoms with Gasteiger partial charge in [-0.1, -0.05) is 30.3 Å². The van der Waals surface area contributed by atoms with Gasteiger partial charge in [0.2, 0.25) is 0 Å². The average Bonchev–Trinajstić information content (AvgIpc) is 2.95. The molecule has 5 heteroatoms. The van der Waals surface area contributed by atoms with Gasteiger partial charge in [0.15, 0.2) is 0 Å². The number of fused-ring (bicyclic) bond motifs is 1. The average molecular weight is 359 g/mol. The minimum Gasteiger partial charge on any atom is -0.497 e. The van der Waals surface area contributed by atoms with E-state index in [-0.39, 0.29) is 11.5 Å². The lowest BCUT2D eigenvalue weighted by Gasteiger charge is -2.06. The Morgan fingerprint density at radius 2 is 1.93 bits per heavy atom. The lowest BCUT2D eigenvalue weighted by atomic mass is 10.1. The second-order valence-corrected chi connectivity index (χ2v) is 6.28. The number of aromatic nitrogens is 1. The second kappa shape index (κ2) is 7.79. The zero-order valence-corrected chi connectivity index (χ0v) is 15.6. The van der Waals surface area contributed by atoms with Gasteiger partial charge in [-0.25, -0.2) is 0 Å². The first kappa shape index (κ1) is 18.3. The van der Waals surface area contributed by atoms with E-state index < -0.39 is 0 Å². The number of carbonyl (C=O) groups excluding carboxylic acids is 1. The quantitative estimate of drug-likeness (QED) is 0.558. The summed E-state index contributed by atoms with van der Waals surface area (Å²) in [5.41, 5.74) is 3.99. The Balaban J connectivity index is 1.83. The number of methoxy groups -OCH3 is 1. The van der Waals surface area contributed by atoms with Gasteiger partial charge in [0, 0.05) is 35.8 Å². The van der Waals surface area contributed by atoms with Crippen LogP contribution < -0.4 is 10.1 Å². The standard InChI is InChI=1S/C22H21N3O2/c1-15-20(19-6-4-5-7-21(19)25(15)2)12-17(13-23)22(26)24-14-16-8-10-18(27-3)11-9-16/h4-12H,14H2,1-3H3,(H,24,26)/b17-12-. The molecule has 0 aliphatic heterocycles. The van der Waals surface area contributed by atoms with E-state index in [2.05, 4.69) is 9.88 Å². The first-order valence-electron chi connectivity index (χ1n) is 8.62. The Morgan fingerprint density at radius 3 is 2.59 bits per heavy atom. The third-order valence-electron chi connectivity index (χ3n) is 4.71. The summed E-state index contributed by atoms with van der Waals surface area (Å²) in [4.78, 5) is 12.5. The summed E-state index contributed by atoms with van der Waals surface area (Å²) in [6, 6.07) is 17.4. The van der Waals surface area contributed by atoms with E-state index in [1.54, 1.807) is 13.2 Å². The summed E-state index contributed by atoms with van der Waals surface area (Å²) in [6.07, 6.45) is 1.67. The maximum absolute atomic E-state index is 12.5. The number of amides is 1. The van der Waals surface area contributed by atoms with Crippen molar-refractivity contribution in [3.05, 3.63) is 70.9 Å². The molecule has 0 atom stereocenters. The minimum absolute atomic E-state index is 0.0861. The molecule has 5 nitrogen and oxygen atoms in total. The van der Waals surface area contributed by atoms with Gasteiger partial charge in [0.1, 0.15) is 17.4 Å². The Bertz CT molecular complexity index is 1050. The molecule has 27 heavy (non-hydrogen) atoms. The number of benzene rings is 2. The number of nitrogens with zero attached hydrogens (tertiary/aromatic N) is 2. The van der Waals surface area contributed by atoms with Gasteiger partial charge >= 0.3 is 0 Å². The van der Waals surface area contributed by atoms with Crippen LogP contribution in [0.4, 0.5) is 0 Å². The zero-order chi connectivity index (χ0) is 19.4. The highest BCUT2D eigenvalue weighted by Crippen LogP contribution is 2.26. The third kappa shape index (κ3) is 3.70. The van der Waals surface area contributed by atoms with Crippen LogP contribution in [-0.2, 0) is 18.4 Å². The van der Waals surface area contributed by atoms with Crippen molar-refractivity contribution in [2.24, 2.45) is 7.05 Å². The molecule has 0 radical (unpaired) electrons. The van der Waals surface area contributed by atoms with Gasteiger partial charge in [0.05, 0.1) is 7.11 Å². The monoisotopic (exact) mass is 359 g/mol. The number of para-hydroxylation sites is 1. The molecule has 1 aromatic heterocycles. The number of nitrogens with one attached hydrogen (secondary N) is 1. The van der Waals surface area contributed by atoms with Crippen LogP contribution in [0.3, 0.4) is 0 Å². The molecule has 0 aliphatic carbocycles. The van der Waals surface area contributed by atoms with Crippen LogP contribution in [0, 0.1) is 18.3 Å². The maximum Gasteiger partial charge on any atom is 0.262 e.